The Bertz CT molecular complexity index is 836. The number of rotatable bonds is 3. The minimum absolute atomic E-state index is 0.188. The lowest BCUT2D eigenvalue weighted by Gasteiger charge is -2.38. The van der Waals surface area contributed by atoms with Crippen LogP contribution < -0.4 is 10.4 Å². The van der Waals surface area contributed by atoms with Crippen LogP contribution in [0.2, 0.25) is 0 Å². The molecule has 1 heterocycles. The molecule has 0 aromatic heterocycles. The van der Waals surface area contributed by atoms with Crippen LogP contribution in [0.15, 0.2) is 54.6 Å². The topological polar surface area (TPSA) is 52.2 Å². The first kappa shape index (κ1) is 15.9. The van der Waals surface area contributed by atoms with Crippen molar-refractivity contribution in [2.45, 2.75) is 38.1 Å². The molecule has 0 amide bonds. The number of carboxylic acids is 1. The number of fused-ring (bicyclic) bond motifs is 3. The maximum Gasteiger partial charge on any atom is 0.0715 e. The van der Waals surface area contributed by atoms with Gasteiger partial charge in [0.25, 0.3) is 0 Å². The van der Waals surface area contributed by atoms with Gasteiger partial charge in [-0.15, -0.1) is 0 Å². The lowest BCUT2D eigenvalue weighted by Crippen LogP contribution is -2.29. The summed E-state index contributed by atoms with van der Waals surface area (Å²) in [5.41, 5.74) is 5.29. The van der Waals surface area contributed by atoms with Crippen LogP contribution in [0.4, 0.5) is 5.69 Å². The second kappa shape index (κ2) is 6.07. The second-order valence-corrected chi connectivity index (χ2v) is 7.39. The highest BCUT2D eigenvalue weighted by Gasteiger charge is 2.37. The molecule has 0 bridgehead atoms. The van der Waals surface area contributed by atoms with E-state index in [2.05, 4.69) is 49.5 Å². The van der Waals surface area contributed by atoms with Crippen LogP contribution in [-0.4, -0.2) is 5.97 Å². The third kappa shape index (κ3) is 2.74. The Morgan fingerprint density at radius 3 is 2.60 bits per heavy atom. The molecule has 3 nitrogen and oxygen atoms in total. The van der Waals surface area contributed by atoms with Gasteiger partial charge in [-0.3, -0.25) is 0 Å². The molecule has 3 heteroatoms. The van der Waals surface area contributed by atoms with Crippen LogP contribution in [0.25, 0.3) is 0 Å². The predicted octanol–water partition coefficient (Wildman–Crippen LogP) is 4.00. The van der Waals surface area contributed by atoms with Crippen molar-refractivity contribution in [1.82, 2.24) is 0 Å². The van der Waals surface area contributed by atoms with Crippen LogP contribution in [0.5, 0.6) is 0 Å². The van der Waals surface area contributed by atoms with Crippen molar-refractivity contribution in [3.8, 4) is 0 Å². The van der Waals surface area contributed by atoms with Crippen molar-refractivity contribution in [2.75, 3.05) is 5.32 Å². The molecular formula is C22H22NO2-. The Morgan fingerprint density at radius 1 is 1.16 bits per heavy atom. The van der Waals surface area contributed by atoms with Gasteiger partial charge in [0.15, 0.2) is 0 Å². The van der Waals surface area contributed by atoms with Gasteiger partial charge in [-0.05, 0) is 46.6 Å². The van der Waals surface area contributed by atoms with Gasteiger partial charge in [0.1, 0.15) is 0 Å². The van der Waals surface area contributed by atoms with E-state index in [-0.39, 0.29) is 11.6 Å². The molecule has 0 fully saturated rings. The number of anilines is 1. The van der Waals surface area contributed by atoms with E-state index in [1.807, 2.05) is 12.1 Å². The molecule has 0 saturated carbocycles. The van der Waals surface area contributed by atoms with Crippen LogP contribution >= 0.6 is 0 Å². The largest absolute Gasteiger partial charge is 0.545 e. The molecular weight excluding hydrogens is 310 g/mol. The summed E-state index contributed by atoms with van der Waals surface area (Å²) in [6.45, 7) is 4.45. The SMILES string of the molecule is CC(C)c1ccc2c(c1)C1C=CCC1C(c1ccc(C(=O)[O-])cc1)N2. The lowest BCUT2D eigenvalue weighted by atomic mass is 9.76. The van der Waals surface area contributed by atoms with E-state index >= 15 is 0 Å². The summed E-state index contributed by atoms with van der Waals surface area (Å²) < 4.78 is 0. The maximum absolute atomic E-state index is 11.0. The molecule has 0 saturated heterocycles. The van der Waals surface area contributed by atoms with Gasteiger partial charge in [-0.25, -0.2) is 0 Å². The number of aromatic carboxylic acids is 1. The number of carboxylic acid groups (broad SMARTS) is 1. The van der Waals surface area contributed by atoms with Crippen molar-refractivity contribution in [3.63, 3.8) is 0 Å². The Kier molecular flexibility index (Phi) is 3.87. The molecule has 4 rings (SSSR count). The summed E-state index contributed by atoms with van der Waals surface area (Å²) in [6, 6.07) is 14.0. The van der Waals surface area contributed by atoms with Gasteiger partial charge in [0.2, 0.25) is 0 Å². The summed E-state index contributed by atoms with van der Waals surface area (Å²) in [4.78, 5) is 11.0. The van der Waals surface area contributed by atoms with E-state index in [1.54, 1.807) is 12.1 Å². The summed E-state index contributed by atoms with van der Waals surface area (Å²) in [5.74, 6) is 0.267. The van der Waals surface area contributed by atoms with E-state index in [0.717, 1.165) is 12.0 Å². The van der Waals surface area contributed by atoms with Crippen LogP contribution in [-0.2, 0) is 0 Å². The summed E-state index contributed by atoms with van der Waals surface area (Å²) >= 11 is 0. The van der Waals surface area contributed by atoms with Gasteiger partial charge >= 0.3 is 0 Å². The molecule has 1 aliphatic carbocycles. The van der Waals surface area contributed by atoms with Gasteiger partial charge in [-0.1, -0.05) is 62.4 Å². The summed E-state index contributed by atoms with van der Waals surface area (Å²) in [7, 11) is 0. The van der Waals surface area contributed by atoms with Crippen LogP contribution in [0.3, 0.4) is 0 Å². The normalized spacial score (nSPS) is 23.9. The van der Waals surface area contributed by atoms with Gasteiger partial charge in [0, 0.05) is 11.6 Å². The molecule has 128 valence electrons. The molecule has 1 aliphatic heterocycles. The standard InChI is InChI=1S/C22H23NO2/c1-13(2)16-10-11-20-19(12-16)17-4-3-5-18(17)21(23-20)14-6-8-15(9-7-14)22(24)25/h3-4,6-13,17-18,21,23H,5H2,1-2H3,(H,24,25)/p-1. The highest BCUT2D eigenvalue weighted by molar-refractivity contribution is 5.85. The molecule has 1 N–H and O–H groups in total. The molecule has 2 aromatic carbocycles. The fraction of sp³-hybridized carbons (Fsp3) is 0.318. The van der Waals surface area contributed by atoms with Gasteiger partial charge < -0.3 is 15.2 Å². The zero-order chi connectivity index (χ0) is 17.6. The fourth-order valence-corrected chi connectivity index (χ4v) is 4.13. The number of hydrogen-bond donors (Lipinski definition) is 1. The average molecular weight is 332 g/mol. The summed E-state index contributed by atoms with van der Waals surface area (Å²) in [6.07, 6.45) is 5.64. The maximum atomic E-state index is 11.0. The molecule has 2 aliphatic rings. The number of benzene rings is 2. The molecule has 2 aromatic rings. The predicted molar refractivity (Wildman–Crippen MR) is 97.7 cm³/mol. The Balaban J connectivity index is 1.71. The Labute approximate surface area is 148 Å². The first-order valence-electron chi connectivity index (χ1n) is 8.93. The van der Waals surface area contributed by atoms with Crippen molar-refractivity contribution >= 4 is 11.7 Å². The lowest BCUT2D eigenvalue weighted by molar-refractivity contribution is -0.255. The van der Waals surface area contributed by atoms with E-state index in [9.17, 15) is 9.90 Å². The molecule has 3 atom stereocenters. The molecule has 3 unspecified atom stereocenters. The minimum Gasteiger partial charge on any atom is -0.545 e. The van der Waals surface area contributed by atoms with Crippen LogP contribution in [0, 0.1) is 5.92 Å². The smallest absolute Gasteiger partial charge is 0.0715 e. The van der Waals surface area contributed by atoms with E-state index in [1.165, 1.54) is 16.8 Å². The van der Waals surface area contributed by atoms with E-state index < -0.39 is 5.97 Å². The number of nitrogens with one attached hydrogen (secondary N) is 1. The average Bonchev–Trinajstić information content (AvgIpc) is 3.10. The summed E-state index contributed by atoms with van der Waals surface area (Å²) in [5, 5.41) is 14.7. The van der Waals surface area contributed by atoms with Crippen molar-refractivity contribution in [1.29, 1.82) is 0 Å². The van der Waals surface area contributed by atoms with Crippen molar-refractivity contribution in [2.24, 2.45) is 5.92 Å². The first-order valence-corrected chi connectivity index (χ1v) is 8.93. The third-order valence-electron chi connectivity index (χ3n) is 5.56. The number of hydrogen-bond acceptors (Lipinski definition) is 3. The molecule has 0 radical (unpaired) electrons. The Hall–Kier alpha value is -2.55. The first-order chi connectivity index (χ1) is 12.0. The fourth-order valence-electron chi connectivity index (χ4n) is 4.13. The van der Waals surface area contributed by atoms with Crippen molar-refractivity contribution in [3.05, 3.63) is 76.9 Å². The highest BCUT2D eigenvalue weighted by Crippen LogP contribution is 2.50. The van der Waals surface area contributed by atoms with Crippen LogP contribution in [0.1, 0.15) is 65.2 Å². The van der Waals surface area contributed by atoms with Gasteiger partial charge in [0.05, 0.1) is 12.0 Å². The second-order valence-electron chi connectivity index (χ2n) is 7.39. The Morgan fingerprint density at radius 2 is 1.92 bits per heavy atom. The number of carbonyl (C=O) groups excluding carboxylic acids is 1. The zero-order valence-corrected chi connectivity index (χ0v) is 14.5. The van der Waals surface area contributed by atoms with Crippen molar-refractivity contribution < 1.29 is 9.90 Å². The number of allylic oxidation sites excluding steroid dienone is 2. The highest BCUT2D eigenvalue weighted by atomic mass is 16.4. The number of carbonyl (C=O) groups is 1. The zero-order valence-electron chi connectivity index (χ0n) is 14.5. The molecule has 25 heavy (non-hydrogen) atoms. The monoisotopic (exact) mass is 332 g/mol. The van der Waals surface area contributed by atoms with E-state index in [4.69, 9.17) is 0 Å². The third-order valence-corrected chi connectivity index (χ3v) is 5.56. The minimum atomic E-state index is -1.13. The van der Waals surface area contributed by atoms with E-state index in [0.29, 0.717) is 17.8 Å². The quantitative estimate of drug-likeness (QED) is 0.864. The van der Waals surface area contributed by atoms with Gasteiger partial charge in [-0.2, -0.15) is 0 Å². The molecule has 0 spiro atoms.